The van der Waals surface area contributed by atoms with Gasteiger partial charge in [0.05, 0.1) is 5.75 Å². The van der Waals surface area contributed by atoms with E-state index in [0.717, 1.165) is 31.1 Å². The topological polar surface area (TPSA) is 51.0 Å². The van der Waals surface area contributed by atoms with Crippen LogP contribution >= 0.6 is 11.8 Å². The van der Waals surface area contributed by atoms with Gasteiger partial charge in [-0.05, 0) is 30.7 Å². The molecule has 0 amide bonds. The molecule has 1 heterocycles. The van der Waals surface area contributed by atoms with Crippen LogP contribution in [0.3, 0.4) is 0 Å². The molecule has 2 aromatic rings. The summed E-state index contributed by atoms with van der Waals surface area (Å²) < 4.78 is 4.71. The van der Waals surface area contributed by atoms with E-state index in [1.807, 2.05) is 0 Å². The highest BCUT2D eigenvalue weighted by atomic mass is 32.2. The van der Waals surface area contributed by atoms with Crippen LogP contribution in [-0.4, -0.2) is 16.7 Å². The molecule has 0 bridgehead atoms. The fourth-order valence-corrected chi connectivity index (χ4v) is 2.39. The van der Waals surface area contributed by atoms with Crippen LogP contribution < -0.4 is 5.32 Å². The van der Waals surface area contributed by atoms with Crippen LogP contribution in [0, 0.1) is 0 Å². The van der Waals surface area contributed by atoms with Crippen LogP contribution in [0.1, 0.15) is 24.7 Å². The number of aromatic nitrogens is 2. The summed E-state index contributed by atoms with van der Waals surface area (Å²) in [5.41, 5.74) is 1.31. The summed E-state index contributed by atoms with van der Waals surface area (Å²) in [6.45, 7) is 4.15. The molecule has 5 heteroatoms. The minimum atomic E-state index is 0.731. The van der Waals surface area contributed by atoms with Crippen molar-refractivity contribution in [1.82, 2.24) is 15.5 Å². The molecular formula is C13H17N3OS. The molecule has 0 radical (unpaired) electrons. The van der Waals surface area contributed by atoms with Gasteiger partial charge in [0.1, 0.15) is 0 Å². The molecule has 0 unspecified atom stereocenters. The maximum Gasteiger partial charge on any atom is 0.213 e. The average molecular weight is 263 g/mol. The molecule has 1 aromatic heterocycles. The molecule has 0 aliphatic heterocycles. The number of hydrogen-bond acceptors (Lipinski definition) is 5. The molecule has 0 aliphatic rings. The number of benzene rings is 1. The van der Waals surface area contributed by atoms with Gasteiger partial charge in [0.25, 0.3) is 0 Å². The van der Waals surface area contributed by atoms with Crippen molar-refractivity contribution in [2.45, 2.75) is 30.5 Å². The molecule has 0 aliphatic carbocycles. The molecule has 4 nitrogen and oxygen atoms in total. The lowest BCUT2D eigenvalue weighted by molar-refractivity contribution is 0.412. The average Bonchev–Trinajstić information content (AvgIpc) is 2.90. The van der Waals surface area contributed by atoms with Crippen molar-refractivity contribution in [3.63, 3.8) is 0 Å². The molecule has 0 saturated heterocycles. The minimum absolute atomic E-state index is 0.731. The first-order valence-corrected chi connectivity index (χ1v) is 7.04. The van der Waals surface area contributed by atoms with Crippen LogP contribution in [0.25, 0.3) is 0 Å². The Morgan fingerprint density at radius 2 is 2.33 bits per heavy atom. The Morgan fingerprint density at radius 1 is 1.39 bits per heavy atom. The summed E-state index contributed by atoms with van der Waals surface area (Å²) in [6, 6.07) is 8.53. The standard InChI is InChI=1S/C13H17N3OS/c1-2-6-14-8-11-4-3-5-12(7-11)18-9-13-15-10-17-16-13/h3-5,7,10,14H,2,6,8-9H2,1H3. The van der Waals surface area contributed by atoms with Gasteiger partial charge in [-0.2, -0.15) is 4.98 Å². The van der Waals surface area contributed by atoms with Gasteiger partial charge in [0.15, 0.2) is 5.82 Å². The van der Waals surface area contributed by atoms with E-state index in [1.165, 1.54) is 16.9 Å². The van der Waals surface area contributed by atoms with E-state index in [2.05, 4.69) is 46.6 Å². The van der Waals surface area contributed by atoms with Gasteiger partial charge in [0, 0.05) is 11.4 Å². The molecule has 2 rings (SSSR count). The van der Waals surface area contributed by atoms with Crippen molar-refractivity contribution < 1.29 is 4.52 Å². The molecular weight excluding hydrogens is 246 g/mol. The van der Waals surface area contributed by atoms with Gasteiger partial charge in [-0.1, -0.05) is 24.2 Å². The van der Waals surface area contributed by atoms with E-state index in [0.29, 0.717) is 0 Å². The first-order valence-electron chi connectivity index (χ1n) is 6.06. The Hall–Kier alpha value is -1.33. The molecule has 0 fully saturated rings. The lowest BCUT2D eigenvalue weighted by Crippen LogP contribution is -2.13. The zero-order chi connectivity index (χ0) is 12.6. The summed E-state index contributed by atoms with van der Waals surface area (Å²) in [7, 11) is 0. The SMILES string of the molecule is CCCNCc1cccc(SCc2ncon2)c1. The first-order chi connectivity index (χ1) is 8.88. The molecule has 0 spiro atoms. The number of rotatable bonds is 7. The van der Waals surface area contributed by atoms with E-state index < -0.39 is 0 Å². The summed E-state index contributed by atoms with van der Waals surface area (Å²) in [5, 5.41) is 7.19. The maximum absolute atomic E-state index is 4.71. The lowest BCUT2D eigenvalue weighted by atomic mass is 10.2. The van der Waals surface area contributed by atoms with Gasteiger partial charge in [-0.25, -0.2) is 0 Å². The first kappa shape index (κ1) is 13.1. The molecule has 1 aromatic carbocycles. The Balaban J connectivity index is 1.86. The Bertz CT molecular complexity index is 459. The third kappa shape index (κ3) is 4.16. The zero-order valence-electron chi connectivity index (χ0n) is 10.4. The minimum Gasteiger partial charge on any atom is -0.343 e. The molecule has 18 heavy (non-hydrogen) atoms. The van der Waals surface area contributed by atoms with Crippen molar-refractivity contribution in [3.05, 3.63) is 42.0 Å². The summed E-state index contributed by atoms with van der Waals surface area (Å²) in [5.74, 6) is 1.47. The van der Waals surface area contributed by atoms with Gasteiger partial charge in [0.2, 0.25) is 6.39 Å². The molecule has 0 atom stereocenters. The highest BCUT2D eigenvalue weighted by Crippen LogP contribution is 2.22. The quantitative estimate of drug-likeness (QED) is 0.615. The van der Waals surface area contributed by atoms with Crippen LogP contribution in [-0.2, 0) is 12.3 Å². The predicted molar refractivity (Wildman–Crippen MR) is 72.3 cm³/mol. The van der Waals surface area contributed by atoms with E-state index in [9.17, 15) is 0 Å². The van der Waals surface area contributed by atoms with Crippen molar-refractivity contribution in [2.24, 2.45) is 0 Å². The highest BCUT2D eigenvalue weighted by molar-refractivity contribution is 7.98. The van der Waals surface area contributed by atoms with Crippen molar-refractivity contribution >= 4 is 11.8 Å². The van der Waals surface area contributed by atoms with E-state index in [1.54, 1.807) is 11.8 Å². The van der Waals surface area contributed by atoms with Crippen LogP contribution in [0.15, 0.2) is 40.1 Å². The second-order valence-electron chi connectivity index (χ2n) is 3.96. The molecule has 96 valence electrons. The Kier molecular flexibility index (Phi) is 5.23. The van der Waals surface area contributed by atoms with Crippen LogP contribution in [0.2, 0.25) is 0 Å². The fourth-order valence-electron chi connectivity index (χ4n) is 1.56. The predicted octanol–water partition coefficient (Wildman–Crippen LogP) is 2.86. The van der Waals surface area contributed by atoms with Crippen LogP contribution in [0.5, 0.6) is 0 Å². The zero-order valence-corrected chi connectivity index (χ0v) is 11.2. The van der Waals surface area contributed by atoms with Gasteiger partial charge >= 0.3 is 0 Å². The number of nitrogens with one attached hydrogen (secondary N) is 1. The largest absolute Gasteiger partial charge is 0.343 e. The smallest absolute Gasteiger partial charge is 0.213 e. The van der Waals surface area contributed by atoms with Crippen LogP contribution in [0.4, 0.5) is 0 Å². The van der Waals surface area contributed by atoms with E-state index in [-0.39, 0.29) is 0 Å². The van der Waals surface area contributed by atoms with E-state index in [4.69, 9.17) is 4.52 Å². The monoisotopic (exact) mass is 263 g/mol. The summed E-state index contributed by atoms with van der Waals surface area (Å²) in [4.78, 5) is 5.24. The third-order valence-electron chi connectivity index (χ3n) is 2.43. The number of nitrogens with zero attached hydrogens (tertiary/aromatic N) is 2. The van der Waals surface area contributed by atoms with Gasteiger partial charge in [-0.3, -0.25) is 0 Å². The normalized spacial score (nSPS) is 10.7. The summed E-state index contributed by atoms with van der Waals surface area (Å²) >= 11 is 1.72. The number of hydrogen-bond donors (Lipinski definition) is 1. The second-order valence-corrected chi connectivity index (χ2v) is 5.01. The maximum atomic E-state index is 4.71. The van der Waals surface area contributed by atoms with Crippen molar-refractivity contribution in [1.29, 1.82) is 0 Å². The third-order valence-corrected chi connectivity index (χ3v) is 3.42. The van der Waals surface area contributed by atoms with E-state index >= 15 is 0 Å². The van der Waals surface area contributed by atoms with Crippen molar-refractivity contribution in [2.75, 3.05) is 6.54 Å². The van der Waals surface area contributed by atoms with Gasteiger partial charge < -0.3 is 9.84 Å². The molecule has 1 N–H and O–H groups in total. The fraction of sp³-hybridized carbons (Fsp3) is 0.385. The van der Waals surface area contributed by atoms with Gasteiger partial charge in [-0.15, -0.1) is 11.8 Å². The lowest BCUT2D eigenvalue weighted by Gasteiger charge is -2.05. The Morgan fingerprint density at radius 3 is 3.11 bits per heavy atom. The molecule has 0 saturated carbocycles. The van der Waals surface area contributed by atoms with Crippen molar-refractivity contribution in [3.8, 4) is 0 Å². The highest BCUT2D eigenvalue weighted by Gasteiger charge is 2.01. The second kappa shape index (κ2) is 7.18. The Labute approximate surface area is 111 Å². The summed E-state index contributed by atoms with van der Waals surface area (Å²) in [6.07, 6.45) is 2.52. The number of thioether (sulfide) groups is 1.